The number of aryl methyl sites for hydroxylation is 1. The average Bonchev–Trinajstić information content (AvgIpc) is 3.31. The molecule has 9 nitrogen and oxygen atoms in total. The summed E-state index contributed by atoms with van der Waals surface area (Å²) in [7, 11) is 0. The van der Waals surface area contributed by atoms with Crippen LogP contribution in [0.2, 0.25) is 0 Å². The fourth-order valence-corrected chi connectivity index (χ4v) is 3.46. The van der Waals surface area contributed by atoms with E-state index in [9.17, 15) is 4.79 Å². The van der Waals surface area contributed by atoms with E-state index in [1.807, 2.05) is 31.2 Å². The Labute approximate surface area is 187 Å². The highest BCUT2D eigenvalue weighted by Gasteiger charge is 2.17. The third-order valence-corrected chi connectivity index (χ3v) is 5.14. The van der Waals surface area contributed by atoms with Crippen LogP contribution in [-0.4, -0.2) is 45.3 Å². The number of ether oxygens (including phenoxy) is 1. The van der Waals surface area contributed by atoms with Crippen LogP contribution < -0.4 is 20.7 Å². The van der Waals surface area contributed by atoms with Crippen LogP contribution in [0.15, 0.2) is 48.8 Å². The smallest absolute Gasteiger partial charge is 0.252 e. The molecule has 32 heavy (non-hydrogen) atoms. The molecule has 3 heterocycles. The summed E-state index contributed by atoms with van der Waals surface area (Å²) < 4.78 is 5.83. The van der Waals surface area contributed by atoms with E-state index in [1.165, 1.54) is 12.8 Å². The van der Waals surface area contributed by atoms with Crippen molar-refractivity contribution in [2.75, 3.05) is 23.7 Å². The van der Waals surface area contributed by atoms with E-state index in [4.69, 9.17) is 4.74 Å². The molecular formula is C23H27N7O2. The van der Waals surface area contributed by atoms with Gasteiger partial charge in [0.1, 0.15) is 17.7 Å². The largest absolute Gasteiger partial charge is 0.474 e. The molecule has 0 bridgehead atoms. The second-order valence-electron chi connectivity index (χ2n) is 7.74. The van der Waals surface area contributed by atoms with Gasteiger partial charge in [-0.05, 0) is 68.5 Å². The summed E-state index contributed by atoms with van der Waals surface area (Å²) in [5.41, 5.74) is 1.61. The van der Waals surface area contributed by atoms with Gasteiger partial charge in [0.2, 0.25) is 5.88 Å². The van der Waals surface area contributed by atoms with Crippen LogP contribution in [0.5, 0.6) is 5.88 Å². The molecule has 3 aromatic heterocycles. The van der Waals surface area contributed by atoms with Gasteiger partial charge in [0, 0.05) is 31.5 Å². The molecule has 3 aromatic rings. The van der Waals surface area contributed by atoms with Crippen LogP contribution in [0.25, 0.3) is 0 Å². The van der Waals surface area contributed by atoms with Crippen molar-refractivity contribution in [3.05, 3.63) is 59.9 Å². The Hall–Kier alpha value is -3.75. The lowest BCUT2D eigenvalue weighted by Crippen LogP contribution is -2.29. The lowest BCUT2D eigenvalue weighted by molar-refractivity contribution is 0.0954. The van der Waals surface area contributed by atoms with Gasteiger partial charge in [-0.15, -0.1) is 10.2 Å². The second-order valence-corrected chi connectivity index (χ2v) is 7.74. The Kier molecular flexibility index (Phi) is 7.06. The summed E-state index contributed by atoms with van der Waals surface area (Å²) in [5, 5.41) is 17.4. The lowest BCUT2D eigenvalue weighted by Gasteiger charge is -2.12. The molecule has 166 valence electrons. The van der Waals surface area contributed by atoms with E-state index < -0.39 is 0 Å². The highest BCUT2D eigenvalue weighted by Crippen LogP contribution is 2.22. The number of carbonyl (C=O) groups is 1. The molecule has 1 amide bonds. The molecule has 1 aliphatic carbocycles. The maximum absolute atomic E-state index is 12.3. The van der Waals surface area contributed by atoms with Crippen molar-refractivity contribution in [1.29, 1.82) is 0 Å². The number of rotatable bonds is 9. The molecule has 1 fully saturated rings. The van der Waals surface area contributed by atoms with Gasteiger partial charge >= 0.3 is 0 Å². The minimum atomic E-state index is -0.178. The molecule has 0 aliphatic heterocycles. The van der Waals surface area contributed by atoms with Crippen molar-refractivity contribution in [1.82, 2.24) is 25.5 Å². The highest BCUT2D eigenvalue weighted by atomic mass is 16.5. The lowest BCUT2D eigenvalue weighted by atomic mass is 10.2. The van der Waals surface area contributed by atoms with E-state index in [0.717, 1.165) is 24.2 Å². The van der Waals surface area contributed by atoms with Crippen molar-refractivity contribution < 1.29 is 9.53 Å². The average molecular weight is 434 g/mol. The summed E-state index contributed by atoms with van der Waals surface area (Å²) in [5.74, 6) is 2.34. The van der Waals surface area contributed by atoms with Crippen LogP contribution >= 0.6 is 0 Å². The summed E-state index contributed by atoms with van der Waals surface area (Å²) in [6, 6.07) is 11.0. The topological polar surface area (TPSA) is 114 Å². The highest BCUT2D eigenvalue weighted by molar-refractivity contribution is 5.93. The van der Waals surface area contributed by atoms with Gasteiger partial charge in [-0.25, -0.2) is 9.97 Å². The molecule has 3 N–H and O–H groups in total. The van der Waals surface area contributed by atoms with Crippen molar-refractivity contribution in [3.8, 4) is 5.88 Å². The van der Waals surface area contributed by atoms with Gasteiger partial charge in [0.15, 0.2) is 5.82 Å². The van der Waals surface area contributed by atoms with E-state index in [0.29, 0.717) is 36.2 Å². The second kappa shape index (κ2) is 10.5. The fourth-order valence-electron chi connectivity index (χ4n) is 3.46. The molecule has 1 saturated carbocycles. The van der Waals surface area contributed by atoms with E-state index in [2.05, 4.69) is 36.1 Å². The fraction of sp³-hybridized carbons (Fsp3) is 0.348. The van der Waals surface area contributed by atoms with Crippen LogP contribution in [-0.2, 0) is 0 Å². The Balaban J connectivity index is 1.18. The zero-order chi connectivity index (χ0) is 22.2. The van der Waals surface area contributed by atoms with Gasteiger partial charge < -0.3 is 20.7 Å². The maximum Gasteiger partial charge on any atom is 0.252 e. The number of hydrogen-bond donors (Lipinski definition) is 3. The molecule has 0 saturated heterocycles. The van der Waals surface area contributed by atoms with Crippen molar-refractivity contribution in [2.45, 2.75) is 38.7 Å². The number of pyridine rings is 2. The standard InChI is InChI=1S/C23H27N7O2/c1-16-10-11-24-21(14-16)28-20-8-7-19(29-30-20)25-12-13-26-23(31)17-6-9-22(27-15-17)32-18-4-2-3-5-18/h6-11,14-15,18H,2-5,12-13H2,1H3,(H,25,29)(H,26,31)(H,24,28,30). The Morgan fingerprint density at radius 2 is 1.81 bits per heavy atom. The van der Waals surface area contributed by atoms with Gasteiger partial charge in [-0.1, -0.05) is 0 Å². The molecule has 9 heteroatoms. The van der Waals surface area contributed by atoms with Crippen LogP contribution in [0.3, 0.4) is 0 Å². The van der Waals surface area contributed by atoms with Crippen molar-refractivity contribution in [3.63, 3.8) is 0 Å². The number of nitrogens with zero attached hydrogens (tertiary/aromatic N) is 4. The first-order valence-electron chi connectivity index (χ1n) is 10.8. The van der Waals surface area contributed by atoms with Gasteiger partial charge in [-0.2, -0.15) is 0 Å². The minimum absolute atomic E-state index is 0.178. The number of amides is 1. The predicted octanol–water partition coefficient (Wildman–Crippen LogP) is 3.48. The number of nitrogens with one attached hydrogen (secondary N) is 3. The molecule has 0 unspecified atom stereocenters. The Morgan fingerprint density at radius 3 is 2.53 bits per heavy atom. The third-order valence-electron chi connectivity index (χ3n) is 5.14. The van der Waals surface area contributed by atoms with Crippen molar-refractivity contribution >= 4 is 23.4 Å². The molecule has 0 spiro atoms. The zero-order valence-electron chi connectivity index (χ0n) is 18.0. The third kappa shape index (κ3) is 6.13. The summed E-state index contributed by atoms with van der Waals surface area (Å²) in [6.45, 7) is 2.96. The first kappa shape index (κ1) is 21.5. The van der Waals surface area contributed by atoms with E-state index in [1.54, 1.807) is 24.5 Å². The normalized spacial score (nSPS) is 13.5. The van der Waals surface area contributed by atoms with Gasteiger partial charge in [0.25, 0.3) is 5.91 Å². The maximum atomic E-state index is 12.3. The molecule has 0 radical (unpaired) electrons. The Morgan fingerprint density at radius 1 is 1.00 bits per heavy atom. The summed E-state index contributed by atoms with van der Waals surface area (Å²) in [4.78, 5) is 20.8. The molecule has 0 atom stereocenters. The van der Waals surface area contributed by atoms with Gasteiger partial charge in [0.05, 0.1) is 5.56 Å². The van der Waals surface area contributed by atoms with Crippen LogP contribution in [0, 0.1) is 6.92 Å². The molecule has 0 aromatic carbocycles. The predicted molar refractivity (Wildman–Crippen MR) is 122 cm³/mol. The zero-order valence-corrected chi connectivity index (χ0v) is 18.0. The number of carbonyl (C=O) groups excluding carboxylic acids is 1. The van der Waals surface area contributed by atoms with Gasteiger partial charge in [-0.3, -0.25) is 4.79 Å². The summed E-state index contributed by atoms with van der Waals surface area (Å²) in [6.07, 6.45) is 8.10. The molecule has 4 rings (SSSR count). The summed E-state index contributed by atoms with van der Waals surface area (Å²) >= 11 is 0. The van der Waals surface area contributed by atoms with E-state index >= 15 is 0 Å². The number of anilines is 3. The first-order valence-corrected chi connectivity index (χ1v) is 10.8. The van der Waals surface area contributed by atoms with Crippen molar-refractivity contribution in [2.24, 2.45) is 0 Å². The van der Waals surface area contributed by atoms with Crippen LogP contribution in [0.1, 0.15) is 41.6 Å². The molecular weight excluding hydrogens is 406 g/mol. The number of hydrogen-bond acceptors (Lipinski definition) is 8. The Bertz CT molecular complexity index is 1020. The SMILES string of the molecule is Cc1ccnc(Nc2ccc(NCCNC(=O)c3ccc(OC4CCCC4)nc3)nn2)c1. The first-order chi connectivity index (χ1) is 15.7. The number of aromatic nitrogens is 4. The quantitative estimate of drug-likeness (QED) is 0.440. The minimum Gasteiger partial charge on any atom is -0.474 e. The monoisotopic (exact) mass is 433 g/mol. The van der Waals surface area contributed by atoms with Crippen LogP contribution in [0.4, 0.5) is 17.5 Å². The van der Waals surface area contributed by atoms with E-state index in [-0.39, 0.29) is 12.0 Å². The molecule has 1 aliphatic rings.